The minimum absolute atomic E-state index is 0.343. The number of nitrogens with two attached hydrogens (primary N) is 1. The quantitative estimate of drug-likeness (QED) is 0.857. The third-order valence-corrected chi connectivity index (χ3v) is 4.07. The zero-order valence-electron chi connectivity index (χ0n) is 11.2. The topological polar surface area (TPSA) is 49.5 Å². The lowest BCUT2D eigenvalue weighted by molar-refractivity contribution is 0.143. The molecule has 0 saturated carbocycles. The number of phenolic OH excluding ortho intramolecular Hbond substituents is 1. The molecule has 0 aliphatic carbocycles. The van der Waals surface area contributed by atoms with Crippen LogP contribution in [0, 0.1) is 5.92 Å². The maximum absolute atomic E-state index is 9.27. The van der Waals surface area contributed by atoms with Crippen molar-refractivity contribution in [2.24, 2.45) is 11.7 Å². The summed E-state index contributed by atoms with van der Waals surface area (Å²) in [6.45, 7) is 5.46. The summed E-state index contributed by atoms with van der Waals surface area (Å²) in [5.41, 5.74) is 7.01. The molecule has 1 aromatic rings. The van der Waals surface area contributed by atoms with Gasteiger partial charge in [0.2, 0.25) is 0 Å². The lowest BCUT2D eigenvalue weighted by Crippen LogP contribution is -2.42. The number of benzene rings is 1. The van der Waals surface area contributed by atoms with Gasteiger partial charge in [0.1, 0.15) is 5.75 Å². The molecule has 1 fully saturated rings. The minimum Gasteiger partial charge on any atom is -0.508 e. The van der Waals surface area contributed by atoms with E-state index in [0.717, 1.165) is 18.9 Å². The van der Waals surface area contributed by atoms with E-state index < -0.39 is 0 Å². The van der Waals surface area contributed by atoms with Crippen LogP contribution >= 0.6 is 0 Å². The van der Waals surface area contributed by atoms with Gasteiger partial charge in [-0.25, -0.2) is 0 Å². The van der Waals surface area contributed by atoms with Crippen molar-refractivity contribution in [3.63, 3.8) is 0 Å². The average Bonchev–Trinajstić information content (AvgIpc) is 2.41. The second-order valence-corrected chi connectivity index (χ2v) is 5.43. The highest BCUT2D eigenvalue weighted by Crippen LogP contribution is 2.20. The Morgan fingerprint density at radius 1 is 1.28 bits per heavy atom. The molecule has 100 valence electrons. The number of aromatic hydroxyl groups is 1. The second-order valence-electron chi connectivity index (χ2n) is 5.43. The summed E-state index contributed by atoms with van der Waals surface area (Å²) in [5, 5.41) is 9.27. The summed E-state index contributed by atoms with van der Waals surface area (Å²) in [6, 6.07) is 8.12. The van der Waals surface area contributed by atoms with Gasteiger partial charge in [-0.15, -0.1) is 0 Å². The fourth-order valence-corrected chi connectivity index (χ4v) is 2.73. The van der Waals surface area contributed by atoms with E-state index in [1.54, 1.807) is 12.1 Å². The molecule has 3 heteroatoms. The molecule has 1 aromatic carbocycles. The average molecular weight is 248 g/mol. The smallest absolute Gasteiger partial charge is 0.115 e. The predicted molar refractivity (Wildman–Crippen MR) is 74.6 cm³/mol. The summed E-state index contributed by atoms with van der Waals surface area (Å²) in [7, 11) is 0. The molecule has 0 amide bonds. The van der Waals surface area contributed by atoms with Crippen LogP contribution in [-0.2, 0) is 6.42 Å². The van der Waals surface area contributed by atoms with E-state index in [1.807, 2.05) is 12.1 Å². The molecular weight excluding hydrogens is 224 g/mol. The lowest BCUT2D eigenvalue weighted by atomic mass is 9.95. The summed E-state index contributed by atoms with van der Waals surface area (Å²) >= 11 is 0. The highest BCUT2D eigenvalue weighted by Gasteiger charge is 2.21. The fraction of sp³-hybridized carbons (Fsp3) is 0.600. The zero-order valence-corrected chi connectivity index (χ0v) is 11.2. The molecule has 1 aliphatic rings. The van der Waals surface area contributed by atoms with E-state index in [0.29, 0.717) is 11.8 Å². The Morgan fingerprint density at radius 3 is 2.44 bits per heavy atom. The van der Waals surface area contributed by atoms with E-state index >= 15 is 0 Å². The maximum Gasteiger partial charge on any atom is 0.115 e. The molecule has 0 spiro atoms. The predicted octanol–water partition coefficient (Wildman–Crippen LogP) is 1.99. The third-order valence-electron chi connectivity index (χ3n) is 4.07. The van der Waals surface area contributed by atoms with Crippen molar-refractivity contribution >= 4 is 0 Å². The van der Waals surface area contributed by atoms with Crippen LogP contribution in [0.2, 0.25) is 0 Å². The van der Waals surface area contributed by atoms with Crippen LogP contribution in [0.3, 0.4) is 0 Å². The number of rotatable bonds is 4. The first-order chi connectivity index (χ1) is 8.69. The third kappa shape index (κ3) is 3.47. The monoisotopic (exact) mass is 248 g/mol. The Labute approximate surface area is 110 Å². The van der Waals surface area contributed by atoms with Crippen molar-refractivity contribution in [2.45, 2.75) is 32.2 Å². The van der Waals surface area contributed by atoms with Gasteiger partial charge in [-0.1, -0.05) is 12.1 Å². The second kappa shape index (κ2) is 6.21. The molecular formula is C15H24N2O. The first kappa shape index (κ1) is 13.4. The molecule has 0 aromatic heterocycles. The van der Waals surface area contributed by atoms with E-state index in [-0.39, 0.29) is 0 Å². The summed E-state index contributed by atoms with van der Waals surface area (Å²) in [5.74, 6) is 1.07. The fourth-order valence-electron chi connectivity index (χ4n) is 2.73. The van der Waals surface area contributed by atoms with Crippen molar-refractivity contribution < 1.29 is 5.11 Å². The molecule has 0 radical (unpaired) electrons. The molecule has 1 aliphatic heterocycles. The van der Waals surface area contributed by atoms with Gasteiger partial charge in [0, 0.05) is 6.04 Å². The Morgan fingerprint density at radius 2 is 1.89 bits per heavy atom. The van der Waals surface area contributed by atoms with Gasteiger partial charge in [-0.3, -0.25) is 0 Å². The van der Waals surface area contributed by atoms with Crippen LogP contribution in [0.4, 0.5) is 0 Å². The summed E-state index contributed by atoms with van der Waals surface area (Å²) < 4.78 is 0. The summed E-state index contributed by atoms with van der Waals surface area (Å²) in [6.07, 6.45) is 3.51. The lowest BCUT2D eigenvalue weighted by Gasteiger charge is -2.35. The SMILES string of the molecule is CC(Cc1ccc(O)cc1)N1CCC(CN)CC1. The number of likely N-dealkylation sites (tertiary alicyclic amines) is 1. The van der Waals surface area contributed by atoms with Gasteiger partial charge in [0.05, 0.1) is 0 Å². The molecule has 1 atom stereocenters. The van der Waals surface area contributed by atoms with Crippen molar-refractivity contribution in [3.8, 4) is 5.75 Å². The Balaban J connectivity index is 1.85. The Bertz CT molecular complexity index is 355. The van der Waals surface area contributed by atoms with E-state index in [1.165, 1.54) is 31.5 Å². The van der Waals surface area contributed by atoms with Gasteiger partial charge < -0.3 is 15.7 Å². The largest absolute Gasteiger partial charge is 0.508 e. The number of hydrogen-bond donors (Lipinski definition) is 2. The normalized spacial score (nSPS) is 19.9. The number of hydrogen-bond acceptors (Lipinski definition) is 3. The van der Waals surface area contributed by atoms with Crippen molar-refractivity contribution in [3.05, 3.63) is 29.8 Å². The van der Waals surface area contributed by atoms with Gasteiger partial charge >= 0.3 is 0 Å². The van der Waals surface area contributed by atoms with E-state index in [9.17, 15) is 5.11 Å². The number of piperidine rings is 1. The Hall–Kier alpha value is -1.06. The molecule has 18 heavy (non-hydrogen) atoms. The zero-order chi connectivity index (χ0) is 13.0. The molecule has 1 saturated heterocycles. The van der Waals surface area contributed by atoms with Crippen LogP contribution in [0.25, 0.3) is 0 Å². The minimum atomic E-state index is 0.343. The first-order valence-electron chi connectivity index (χ1n) is 6.91. The first-order valence-corrected chi connectivity index (χ1v) is 6.91. The molecule has 3 nitrogen and oxygen atoms in total. The Kier molecular flexibility index (Phi) is 4.61. The van der Waals surface area contributed by atoms with Gasteiger partial charge in [-0.05, 0) is 69.4 Å². The highest BCUT2D eigenvalue weighted by atomic mass is 16.3. The van der Waals surface area contributed by atoms with Crippen molar-refractivity contribution in [1.29, 1.82) is 0 Å². The van der Waals surface area contributed by atoms with Crippen molar-refractivity contribution in [1.82, 2.24) is 4.90 Å². The van der Waals surface area contributed by atoms with Gasteiger partial charge in [-0.2, -0.15) is 0 Å². The standard InChI is InChI=1S/C15H24N2O/c1-12(10-13-2-4-15(18)5-3-13)17-8-6-14(11-16)7-9-17/h2-5,12,14,18H,6-11,16H2,1H3. The summed E-state index contributed by atoms with van der Waals surface area (Å²) in [4.78, 5) is 2.55. The number of phenols is 1. The van der Waals surface area contributed by atoms with Crippen molar-refractivity contribution in [2.75, 3.05) is 19.6 Å². The number of nitrogens with zero attached hydrogens (tertiary/aromatic N) is 1. The molecule has 3 N–H and O–H groups in total. The van der Waals surface area contributed by atoms with Crippen LogP contribution in [0.5, 0.6) is 5.75 Å². The molecule has 1 unspecified atom stereocenters. The van der Waals surface area contributed by atoms with E-state index in [4.69, 9.17) is 5.73 Å². The van der Waals surface area contributed by atoms with Crippen LogP contribution < -0.4 is 5.73 Å². The van der Waals surface area contributed by atoms with Gasteiger partial charge in [0.15, 0.2) is 0 Å². The van der Waals surface area contributed by atoms with Crippen LogP contribution in [-0.4, -0.2) is 35.7 Å². The molecule has 1 heterocycles. The maximum atomic E-state index is 9.27. The van der Waals surface area contributed by atoms with E-state index in [2.05, 4.69) is 11.8 Å². The van der Waals surface area contributed by atoms with Crippen LogP contribution in [0.15, 0.2) is 24.3 Å². The van der Waals surface area contributed by atoms with Gasteiger partial charge in [0.25, 0.3) is 0 Å². The molecule has 0 bridgehead atoms. The molecule has 2 rings (SSSR count). The van der Waals surface area contributed by atoms with Crippen LogP contribution in [0.1, 0.15) is 25.3 Å². The highest BCUT2D eigenvalue weighted by molar-refractivity contribution is 5.26.